The first-order valence-electron chi connectivity index (χ1n) is 7.14. The number of aliphatic hydroxyl groups excluding tert-OH is 1. The average Bonchev–Trinajstić information content (AvgIpc) is 2.78. The molecular formula is C16H25N3O. The van der Waals surface area contributed by atoms with Crippen molar-refractivity contribution in [3.63, 3.8) is 0 Å². The van der Waals surface area contributed by atoms with Gasteiger partial charge in [-0.1, -0.05) is 40.7 Å². The zero-order valence-electron chi connectivity index (χ0n) is 12.9. The topological polar surface area (TPSA) is 74.9 Å². The van der Waals surface area contributed by atoms with Crippen molar-refractivity contribution in [1.29, 1.82) is 0 Å². The van der Waals surface area contributed by atoms with Gasteiger partial charge < -0.3 is 15.8 Å². The Bertz CT molecular complexity index is 595. The molecular weight excluding hydrogens is 250 g/mol. The molecule has 4 nitrogen and oxygen atoms in total. The number of imidazole rings is 1. The minimum absolute atomic E-state index is 0.0963. The number of aromatic amines is 1. The van der Waals surface area contributed by atoms with Crippen molar-refractivity contribution in [3.8, 4) is 0 Å². The van der Waals surface area contributed by atoms with E-state index in [9.17, 15) is 5.11 Å². The molecule has 0 aliphatic carbocycles. The van der Waals surface area contributed by atoms with Gasteiger partial charge in [0, 0.05) is 0 Å². The molecule has 110 valence electrons. The molecule has 1 heterocycles. The predicted molar refractivity (Wildman–Crippen MR) is 82.6 cm³/mol. The van der Waals surface area contributed by atoms with E-state index < -0.39 is 12.1 Å². The number of benzene rings is 1. The van der Waals surface area contributed by atoms with E-state index in [1.54, 1.807) is 0 Å². The second kappa shape index (κ2) is 5.19. The van der Waals surface area contributed by atoms with Crippen molar-refractivity contribution in [2.24, 2.45) is 11.7 Å². The van der Waals surface area contributed by atoms with E-state index >= 15 is 0 Å². The fourth-order valence-corrected chi connectivity index (χ4v) is 2.23. The van der Waals surface area contributed by atoms with Crippen molar-refractivity contribution < 1.29 is 5.11 Å². The van der Waals surface area contributed by atoms with Crippen molar-refractivity contribution in [1.82, 2.24) is 9.97 Å². The van der Waals surface area contributed by atoms with Crippen molar-refractivity contribution in [2.75, 3.05) is 0 Å². The number of H-pyrrole nitrogens is 1. The van der Waals surface area contributed by atoms with E-state index in [0.29, 0.717) is 5.82 Å². The first-order valence-corrected chi connectivity index (χ1v) is 7.14. The Morgan fingerprint density at radius 3 is 2.45 bits per heavy atom. The van der Waals surface area contributed by atoms with Crippen LogP contribution in [0.5, 0.6) is 0 Å². The summed E-state index contributed by atoms with van der Waals surface area (Å²) >= 11 is 0. The van der Waals surface area contributed by atoms with Gasteiger partial charge in [0.1, 0.15) is 5.82 Å². The summed E-state index contributed by atoms with van der Waals surface area (Å²) < 4.78 is 0. The smallest absolute Gasteiger partial charge is 0.126 e. The molecule has 0 aliphatic heterocycles. The summed E-state index contributed by atoms with van der Waals surface area (Å²) in [5.41, 5.74) is 9.29. The van der Waals surface area contributed by atoms with Gasteiger partial charge in [0.25, 0.3) is 0 Å². The molecule has 0 fully saturated rings. The lowest BCUT2D eigenvalue weighted by Gasteiger charge is -2.20. The fourth-order valence-electron chi connectivity index (χ4n) is 2.23. The van der Waals surface area contributed by atoms with Crippen LogP contribution in [0.2, 0.25) is 0 Å². The highest BCUT2D eigenvalue weighted by molar-refractivity contribution is 5.76. The summed E-state index contributed by atoms with van der Waals surface area (Å²) in [6, 6.07) is 5.72. The average molecular weight is 275 g/mol. The standard InChI is InChI=1S/C16H25N3O/c1-9(2)14(20)13(17)15-18-11-7-6-10(16(3,4)5)8-12(11)19-15/h6-9,13-14,20H,17H2,1-5H3,(H,18,19). The predicted octanol–water partition coefficient (Wildman–Crippen LogP) is 2.88. The highest BCUT2D eigenvalue weighted by Gasteiger charge is 2.23. The third kappa shape index (κ3) is 2.86. The lowest BCUT2D eigenvalue weighted by atomic mass is 9.87. The molecule has 1 aromatic carbocycles. The van der Waals surface area contributed by atoms with E-state index in [4.69, 9.17) is 5.73 Å². The molecule has 0 radical (unpaired) electrons. The molecule has 0 bridgehead atoms. The van der Waals surface area contributed by atoms with Crippen LogP contribution in [0.3, 0.4) is 0 Å². The van der Waals surface area contributed by atoms with Crippen LogP contribution in [0.25, 0.3) is 11.0 Å². The van der Waals surface area contributed by atoms with Crippen LogP contribution < -0.4 is 5.73 Å². The molecule has 0 saturated heterocycles. The lowest BCUT2D eigenvalue weighted by molar-refractivity contribution is 0.0954. The summed E-state index contributed by atoms with van der Waals surface area (Å²) in [6.45, 7) is 10.4. The van der Waals surface area contributed by atoms with Gasteiger partial charge >= 0.3 is 0 Å². The van der Waals surface area contributed by atoms with Crippen LogP contribution in [-0.4, -0.2) is 21.2 Å². The first kappa shape index (κ1) is 15.0. The molecule has 20 heavy (non-hydrogen) atoms. The Labute approximate surface area is 120 Å². The van der Waals surface area contributed by atoms with Crippen LogP contribution in [0.4, 0.5) is 0 Å². The van der Waals surface area contributed by atoms with Crippen LogP contribution in [0, 0.1) is 5.92 Å². The van der Waals surface area contributed by atoms with Gasteiger partial charge in [-0.3, -0.25) is 0 Å². The summed E-state index contributed by atoms with van der Waals surface area (Å²) in [5, 5.41) is 10.1. The quantitative estimate of drug-likeness (QED) is 0.806. The van der Waals surface area contributed by atoms with Gasteiger partial charge in [-0.25, -0.2) is 4.98 Å². The van der Waals surface area contributed by atoms with Gasteiger partial charge in [0.2, 0.25) is 0 Å². The highest BCUT2D eigenvalue weighted by Crippen LogP contribution is 2.26. The summed E-state index contributed by atoms with van der Waals surface area (Å²) in [5.74, 6) is 0.746. The summed E-state index contributed by atoms with van der Waals surface area (Å²) in [4.78, 5) is 7.75. The molecule has 2 aromatic rings. The summed E-state index contributed by atoms with van der Waals surface area (Å²) in [7, 11) is 0. The molecule has 0 aliphatic rings. The largest absolute Gasteiger partial charge is 0.391 e. The van der Waals surface area contributed by atoms with Gasteiger partial charge in [0.15, 0.2) is 0 Å². The second-order valence-electron chi connectivity index (χ2n) is 6.86. The van der Waals surface area contributed by atoms with Crippen LogP contribution >= 0.6 is 0 Å². The van der Waals surface area contributed by atoms with E-state index in [1.807, 2.05) is 19.9 Å². The molecule has 0 amide bonds. The minimum atomic E-state index is -0.599. The van der Waals surface area contributed by atoms with Crippen LogP contribution in [0.15, 0.2) is 18.2 Å². The monoisotopic (exact) mass is 275 g/mol. The third-order valence-electron chi connectivity index (χ3n) is 3.73. The molecule has 4 heteroatoms. The summed E-state index contributed by atoms with van der Waals surface area (Å²) in [6.07, 6.45) is -0.599. The number of aliphatic hydroxyl groups is 1. The minimum Gasteiger partial charge on any atom is -0.391 e. The Kier molecular flexibility index (Phi) is 3.89. The molecule has 2 atom stereocenters. The number of nitrogens with one attached hydrogen (secondary N) is 1. The molecule has 2 unspecified atom stereocenters. The van der Waals surface area contributed by atoms with E-state index in [2.05, 4.69) is 42.9 Å². The molecule has 2 rings (SSSR count). The zero-order chi connectivity index (χ0) is 15.1. The van der Waals surface area contributed by atoms with Crippen molar-refractivity contribution in [2.45, 2.75) is 52.2 Å². The highest BCUT2D eigenvalue weighted by atomic mass is 16.3. The Hall–Kier alpha value is -1.39. The number of hydrogen-bond donors (Lipinski definition) is 3. The Balaban J connectivity index is 2.39. The van der Waals surface area contributed by atoms with Gasteiger partial charge in [-0.2, -0.15) is 0 Å². The first-order chi connectivity index (χ1) is 9.20. The lowest BCUT2D eigenvalue weighted by Crippen LogP contribution is -2.31. The number of fused-ring (bicyclic) bond motifs is 1. The van der Waals surface area contributed by atoms with E-state index in [-0.39, 0.29) is 11.3 Å². The van der Waals surface area contributed by atoms with Gasteiger partial charge in [-0.05, 0) is 29.0 Å². The second-order valence-corrected chi connectivity index (χ2v) is 6.86. The zero-order valence-corrected chi connectivity index (χ0v) is 12.9. The van der Waals surface area contributed by atoms with E-state index in [1.165, 1.54) is 5.56 Å². The number of nitrogens with two attached hydrogens (primary N) is 1. The molecule has 1 aromatic heterocycles. The Morgan fingerprint density at radius 2 is 1.90 bits per heavy atom. The number of nitrogens with zero attached hydrogens (tertiary/aromatic N) is 1. The Morgan fingerprint density at radius 1 is 1.25 bits per heavy atom. The number of hydrogen-bond acceptors (Lipinski definition) is 3. The third-order valence-corrected chi connectivity index (χ3v) is 3.73. The fraction of sp³-hybridized carbons (Fsp3) is 0.562. The molecule has 4 N–H and O–H groups in total. The van der Waals surface area contributed by atoms with Crippen molar-refractivity contribution in [3.05, 3.63) is 29.6 Å². The van der Waals surface area contributed by atoms with Crippen LogP contribution in [-0.2, 0) is 5.41 Å². The maximum Gasteiger partial charge on any atom is 0.126 e. The van der Waals surface area contributed by atoms with E-state index in [0.717, 1.165) is 11.0 Å². The van der Waals surface area contributed by atoms with Gasteiger partial charge in [0.05, 0.1) is 23.2 Å². The van der Waals surface area contributed by atoms with Crippen LogP contribution in [0.1, 0.15) is 52.0 Å². The normalized spacial score (nSPS) is 15.8. The maximum absolute atomic E-state index is 10.1. The van der Waals surface area contributed by atoms with Gasteiger partial charge in [-0.15, -0.1) is 0 Å². The number of aromatic nitrogens is 2. The van der Waals surface area contributed by atoms with Crippen molar-refractivity contribution >= 4 is 11.0 Å². The molecule has 0 spiro atoms. The maximum atomic E-state index is 10.1. The SMILES string of the molecule is CC(C)C(O)C(N)c1nc2ccc(C(C)(C)C)cc2[nH]1. The molecule has 0 saturated carbocycles. The number of rotatable bonds is 3.